The zero-order chi connectivity index (χ0) is 13.5. The third-order valence-electron chi connectivity index (χ3n) is 3.77. The molecule has 0 fully saturated rings. The van der Waals surface area contributed by atoms with Crippen molar-refractivity contribution in [3.63, 3.8) is 0 Å². The first kappa shape index (κ1) is 15.6. The fourth-order valence-corrected chi connectivity index (χ4v) is 3.09. The number of rotatable bonds is 8. The molecule has 1 aromatic heterocycles. The van der Waals surface area contributed by atoms with Crippen molar-refractivity contribution in [3.05, 3.63) is 16.6 Å². The Bertz CT molecular complexity index is 307. The molecule has 3 nitrogen and oxygen atoms in total. The predicted molar refractivity (Wildman–Crippen MR) is 80.1 cm³/mol. The second kappa shape index (κ2) is 7.87. The van der Waals surface area contributed by atoms with E-state index in [-0.39, 0.29) is 0 Å². The normalized spacial score (nSPS) is 15.3. The van der Waals surface area contributed by atoms with E-state index in [0.717, 1.165) is 12.5 Å². The average molecular weight is 269 g/mol. The standard InChI is InChI=1S/C14H27N3S/c1-6-12(7-2)13(17(4)5)8-16-11(3)14-9-15-10-18-14/h9-13,16H,6-8H2,1-5H3. The molecule has 0 aliphatic carbocycles. The van der Waals surface area contributed by atoms with Crippen LogP contribution in [0.1, 0.15) is 44.5 Å². The van der Waals surface area contributed by atoms with Crippen LogP contribution in [0.5, 0.6) is 0 Å². The summed E-state index contributed by atoms with van der Waals surface area (Å²) in [6.07, 6.45) is 4.45. The van der Waals surface area contributed by atoms with E-state index in [1.165, 1.54) is 17.7 Å². The highest BCUT2D eigenvalue weighted by atomic mass is 32.1. The lowest BCUT2D eigenvalue weighted by Gasteiger charge is -2.32. The summed E-state index contributed by atoms with van der Waals surface area (Å²) in [6.45, 7) is 7.83. The van der Waals surface area contributed by atoms with Gasteiger partial charge in [-0.15, -0.1) is 11.3 Å². The van der Waals surface area contributed by atoms with Crippen molar-refractivity contribution in [1.82, 2.24) is 15.2 Å². The number of hydrogen-bond donors (Lipinski definition) is 1. The molecule has 104 valence electrons. The first-order valence-corrected chi connectivity index (χ1v) is 7.76. The van der Waals surface area contributed by atoms with E-state index in [2.05, 4.69) is 50.1 Å². The van der Waals surface area contributed by atoms with Crippen LogP contribution in [0.4, 0.5) is 0 Å². The predicted octanol–water partition coefficient (Wildman–Crippen LogP) is 3.16. The fourth-order valence-electron chi connectivity index (χ4n) is 2.44. The molecule has 0 radical (unpaired) electrons. The molecule has 0 aliphatic heterocycles. The van der Waals surface area contributed by atoms with Crippen LogP contribution in [-0.4, -0.2) is 36.6 Å². The Labute approximate surface area is 116 Å². The van der Waals surface area contributed by atoms with Crippen LogP contribution in [0.25, 0.3) is 0 Å². The molecule has 1 aromatic rings. The van der Waals surface area contributed by atoms with Crippen molar-refractivity contribution >= 4 is 11.3 Å². The molecule has 0 aliphatic rings. The largest absolute Gasteiger partial charge is 0.308 e. The first-order valence-electron chi connectivity index (χ1n) is 6.88. The fraction of sp³-hybridized carbons (Fsp3) is 0.786. The maximum absolute atomic E-state index is 4.14. The second-order valence-electron chi connectivity index (χ2n) is 5.14. The zero-order valence-corrected chi connectivity index (χ0v) is 13.1. The summed E-state index contributed by atoms with van der Waals surface area (Å²) in [5.41, 5.74) is 1.90. The van der Waals surface area contributed by atoms with Gasteiger partial charge in [0.05, 0.1) is 5.51 Å². The SMILES string of the molecule is CCC(CC)C(CNC(C)c1cncs1)N(C)C. The van der Waals surface area contributed by atoms with Crippen molar-refractivity contribution < 1.29 is 0 Å². The molecule has 1 heterocycles. The van der Waals surface area contributed by atoms with E-state index in [9.17, 15) is 0 Å². The Hall–Kier alpha value is -0.450. The second-order valence-corrected chi connectivity index (χ2v) is 6.06. The topological polar surface area (TPSA) is 28.2 Å². The smallest absolute Gasteiger partial charge is 0.0794 e. The summed E-state index contributed by atoms with van der Waals surface area (Å²) in [6, 6.07) is 1.00. The van der Waals surface area contributed by atoms with Gasteiger partial charge in [0.15, 0.2) is 0 Å². The summed E-state index contributed by atoms with van der Waals surface area (Å²) >= 11 is 1.72. The molecule has 0 amide bonds. The number of nitrogens with zero attached hydrogens (tertiary/aromatic N) is 2. The van der Waals surface area contributed by atoms with Crippen LogP contribution in [0.15, 0.2) is 11.7 Å². The molecule has 0 saturated carbocycles. The van der Waals surface area contributed by atoms with E-state index in [4.69, 9.17) is 0 Å². The van der Waals surface area contributed by atoms with E-state index >= 15 is 0 Å². The molecule has 0 spiro atoms. The van der Waals surface area contributed by atoms with Crippen molar-refractivity contribution in [2.45, 2.75) is 45.7 Å². The molecule has 4 heteroatoms. The highest BCUT2D eigenvalue weighted by Gasteiger charge is 2.21. The van der Waals surface area contributed by atoms with Gasteiger partial charge in [-0.3, -0.25) is 4.98 Å². The van der Waals surface area contributed by atoms with Gasteiger partial charge in [-0.05, 0) is 26.9 Å². The maximum atomic E-state index is 4.14. The molecule has 18 heavy (non-hydrogen) atoms. The third-order valence-corrected chi connectivity index (χ3v) is 4.73. The summed E-state index contributed by atoms with van der Waals surface area (Å²) < 4.78 is 0. The van der Waals surface area contributed by atoms with Gasteiger partial charge in [-0.1, -0.05) is 26.7 Å². The van der Waals surface area contributed by atoms with Crippen LogP contribution in [0.3, 0.4) is 0 Å². The Morgan fingerprint density at radius 3 is 2.44 bits per heavy atom. The minimum Gasteiger partial charge on any atom is -0.308 e. The highest BCUT2D eigenvalue weighted by molar-refractivity contribution is 7.09. The maximum Gasteiger partial charge on any atom is 0.0794 e. The van der Waals surface area contributed by atoms with Crippen molar-refractivity contribution in [2.24, 2.45) is 5.92 Å². The lowest BCUT2D eigenvalue weighted by Crippen LogP contribution is -2.43. The summed E-state index contributed by atoms with van der Waals surface area (Å²) in [7, 11) is 4.37. The van der Waals surface area contributed by atoms with E-state index < -0.39 is 0 Å². The van der Waals surface area contributed by atoms with Gasteiger partial charge in [0.2, 0.25) is 0 Å². The number of likely N-dealkylation sites (N-methyl/N-ethyl adjacent to an activating group) is 1. The van der Waals surface area contributed by atoms with Gasteiger partial charge in [0.25, 0.3) is 0 Å². The Morgan fingerprint density at radius 1 is 1.33 bits per heavy atom. The molecule has 0 saturated heterocycles. The van der Waals surface area contributed by atoms with Crippen LogP contribution < -0.4 is 5.32 Å². The summed E-state index contributed by atoms with van der Waals surface area (Å²) in [5, 5.41) is 3.64. The molecular formula is C14H27N3S. The van der Waals surface area contributed by atoms with Crippen LogP contribution >= 0.6 is 11.3 Å². The lowest BCUT2D eigenvalue weighted by atomic mass is 9.93. The molecular weight excluding hydrogens is 242 g/mol. The van der Waals surface area contributed by atoms with Crippen LogP contribution in [0, 0.1) is 5.92 Å². The third kappa shape index (κ3) is 4.34. The molecule has 2 unspecified atom stereocenters. The van der Waals surface area contributed by atoms with Crippen molar-refractivity contribution in [1.29, 1.82) is 0 Å². The van der Waals surface area contributed by atoms with Gasteiger partial charge in [-0.2, -0.15) is 0 Å². The highest BCUT2D eigenvalue weighted by Crippen LogP contribution is 2.19. The molecule has 0 aromatic carbocycles. The van der Waals surface area contributed by atoms with E-state index in [1.54, 1.807) is 11.3 Å². The quantitative estimate of drug-likeness (QED) is 0.786. The summed E-state index contributed by atoms with van der Waals surface area (Å²) in [4.78, 5) is 7.81. The lowest BCUT2D eigenvalue weighted by molar-refractivity contribution is 0.190. The first-order chi connectivity index (χ1) is 8.60. The molecule has 1 N–H and O–H groups in total. The number of hydrogen-bond acceptors (Lipinski definition) is 4. The number of nitrogens with one attached hydrogen (secondary N) is 1. The Kier molecular flexibility index (Phi) is 6.82. The van der Waals surface area contributed by atoms with E-state index in [1.807, 2.05) is 11.7 Å². The number of thiazole rings is 1. The van der Waals surface area contributed by atoms with Crippen LogP contribution in [0.2, 0.25) is 0 Å². The molecule has 0 bridgehead atoms. The monoisotopic (exact) mass is 269 g/mol. The van der Waals surface area contributed by atoms with Gasteiger partial charge in [-0.25, -0.2) is 0 Å². The molecule has 2 atom stereocenters. The Balaban J connectivity index is 2.52. The summed E-state index contributed by atoms with van der Waals surface area (Å²) in [5.74, 6) is 0.765. The Morgan fingerprint density at radius 2 is 2.00 bits per heavy atom. The minimum absolute atomic E-state index is 0.398. The molecule has 1 rings (SSSR count). The van der Waals surface area contributed by atoms with Crippen molar-refractivity contribution in [3.8, 4) is 0 Å². The van der Waals surface area contributed by atoms with Gasteiger partial charge in [0.1, 0.15) is 0 Å². The van der Waals surface area contributed by atoms with Gasteiger partial charge < -0.3 is 10.2 Å². The van der Waals surface area contributed by atoms with Gasteiger partial charge in [0, 0.05) is 29.7 Å². The zero-order valence-electron chi connectivity index (χ0n) is 12.3. The minimum atomic E-state index is 0.398. The van der Waals surface area contributed by atoms with Gasteiger partial charge >= 0.3 is 0 Å². The van der Waals surface area contributed by atoms with Crippen molar-refractivity contribution in [2.75, 3.05) is 20.6 Å². The van der Waals surface area contributed by atoms with E-state index in [0.29, 0.717) is 12.1 Å². The average Bonchev–Trinajstić information content (AvgIpc) is 2.87. The van der Waals surface area contributed by atoms with Crippen LogP contribution in [-0.2, 0) is 0 Å². The number of aromatic nitrogens is 1.